The van der Waals surface area contributed by atoms with Gasteiger partial charge in [-0.15, -0.1) is 0 Å². The first kappa shape index (κ1) is 24.2. The lowest BCUT2D eigenvalue weighted by Crippen LogP contribution is -2.30. The van der Waals surface area contributed by atoms with Crippen molar-refractivity contribution in [1.29, 1.82) is 0 Å². The highest BCUT2D eigenvalue weighted by atomic mass is 16.5. The number of aromatic amines is 1. The van der Waals surface area contributed by atoms with E-state index in [4.69, 9.17) is 4.74 Å². The number of aliphatic hydroxyl groups is 1. The Morgan fingerprint density at radius 1 is 0.923 bits per heavy atom. The number of hydrogen-bond donors (Lipinski definition) is 2. The van der Waals surface area contributed by atoms with E-state index >= 15 is 0 Å². The Morgan fingerprint density at radius 2 is 1.62 bits per heavy atom. The zero-order chi connectivity index (χ0) is 26.9. The predicted molar refractivity (Wildman–Crippen MR) is 149 cm³/mol. The quantitative estimate of drug-likeness (QED) is 0.162. The van der Waals surface area contributed by atoms with Gasteiger partial charge < -0.3 is 14.8 Å². The molecule has 4 aromatic carbocycles. The summed E-state index contributed by atoms with van der Waals surface area (Å²) >= 11 is 0. The van der Waals surface area contributed by atoms with E-state index in [1.807, 2.05) is 91.9 Å². The van der Waals surface area contributed by atoms with Gasteiger partial charge in [0.1, 0.15) is 18.1 Å². The number of hydrogen-bond acceptors (Lipinski definition) is 5. The second-order valence-electron chi connectivity index (χ2n) is 9.41. The summed E-state index contributed by atoms with van der Waals surface area (Å²) < 4.78 is 5.98. The molecule has 1 amide bonds. The van der Waals surface area contributed by atoms with Crippen LogP contribution in [0.15, 0.2) is 109 Å². The van der Waals surface area contributed by atoms with E-state index in [0.717, 1.165) is 16.6 Å². The number of ketones is 1. The van der Waals surface area contributed by atoms with Crippen molar-refractivity contribution in [2.24, 2.45) is 0 Å². The molecule has 1 aromatic heterocycles. The number of benzene rings is 4. The van der Waals surface area contributed by atoms with Crippen LogP contribution in [0.3, 0.4) is 0 Å². The molecule has 1 saturated heterocycles. The number of Topliss-reactive ketones (excluding diaryl/α,β-unsaturated/α-hetero) is 1. The van der Waals surface area contributed by atoms with Crippen LogP contribution in [0.1, 0.15) is 28.3 Å². The van der Waals surface area contributed by atoms with E-state index in [1.54, 1.807) is 18.2 Å². The van der Waals surface area contributed by atoms with Crippen LogP contribution in [0.4, 0.5) is 5.95 Å². The van der Waals surface area contributed by atoms with E-state index in [-0.39, 0.29) is 17.3 Å². The Hall–Kier alpha value is -5.17. The number of fused-ring (bicyclic) bond motifs is 1. The van der Waals surface area contributed by atoms with Gasteiger partial charge in [-0.2, -0.15) is 0 Å². The maximum atomic E-state index is 13.4. The van der Waals surface area contributed by atoms with Crippen molar-refractivity contribution in [2.45, 2.75) is 19.6 Å². The normalized spacial score (nSPS) is 16.6. The van der Waals surface area contributed by atoms with E-state index < -0.39 is 17.7 Å². The minimum absolute atomic E-state index is 0.00371. The molecule has 5 aromatic rings. The highest BCUT2D eigenvalue weighted by molar-refractivity contribution is 6.51. The summed E-state index contributed by atoms with van der Waals surface area (Å²) in [6.45, 7) is 2.28. The molecule has 2 N–H and O–H groups in total. The molecule has 1 atom stereocenters. The molecule has 0 spiro atoms. The van der Waals surface area contributed by atoms with Crippen molar-refractivity contribution in [1.82, 2.24) is 9.97 Å². The fraction of sp³-hybridized carbons (Fsp3) is 0.0938. The molecule has 192 valence electrons. The number of anilines is 1. The molecule has 7 heteroatoms. The number of nitrogens with one attached hydrogen (secondary N) is 1. The standard InChI is InChI=1S/C32H25N3O4/c1-20-18-23(16-17-26(20)39-19-21-10-4-2-5-11-21)29(36)27-28(22-12-6-3-7-13-22)35(31(38)30(27)37)32-33-24-14-8-9-15-25(24)34-32/h2-18,28,36H,19H2,1H3,(H,33,34)/b29-27+. The van der Waals surface area contributed by atoms with Gasteiger partial charge in [0.15, 0.2) is 0 Å². The summed E-state index contributed by atoms with van der Waals surface area (Å²) in [5.74, 6) is -0.879. The van der Waals surface area contributed by atoms with Crippen molar-refractivity contribution in [3.8, 4) is 5.75 Å². The van der Waals surface area contributed by atoms with Crippen LogP contribution in [0.25, 0.3) is 16.8 Å². The lowest BCUT2D eigenvalue weighted by atomic mass is 9.95. The van der Waals surface area contributed by atoms with Gasteiger partial charge in [-0.25, -0.2) is 4.98 Å². The van der Waals surface area contributed by atoms with Gasteiger partial charge in [-0.05, 0) is 53.9 Å². The van der Waals surface area contributed by atoms with Crippen LogP contribution in [0.5, 0.6) is 5.75 Å². The zero-order valence-electron chi connectivity index (χ0n) is 21.2. The number of ether oxygens (including phenoxy) is 1. The van der Waals surface area contributed by atoms with Crippen molar-refractivity contribution < 1.29 is 19.4 Å². The number of rotatable bonds is 6. The third-order valence-corrected chi connectivity index (χ3v) is 6.85. The van der Waals surface area contributed by atoms with Crippen molar-refractivity contribution >= 4 is 34.4 Å². The fourth-order valence-corrected chi connectivity index (χ4v) is 4.90. The fourth-order valence-electron chi connectivity index (χ4n) is 4.90. The number of aromatic nitrogens is 2. The second-order valence-corrected chi connectivity index (χ2v) is 9.41. The Kier molecular flexibility index (Phi) is 6.17. The molecule has 1 unspecified atom stereocenters. The van der Waals surface area contributed by atoms with Gasteiger partial charge in [0.2, 0.25) is 5.95 Å². The Balaban J connectivity index is 1.41. The predicted octanol–water partition coefficient (Wildman–Crippen LogP) is 6.08. The molecule has 39 heavy (non-hydrogen) atoms. The zero-order valence-corrected chi connectivity index (χ0v) is 21.2. The molecule has 6 rings (SSSR count). The largest absolute Gasteiger partial charge is 0.507 e. The molecule has 2 heterocycles. The topological polar surface area (TPSA) is 95.5 Å². The van der Waals surface area contributed by atoms with Crippen LogP contribution in [-0.4, -0.2) is 26.8 Å². The summed E-state index contributed by atoms with van der Waals surface area (Å²) in [7, 11) is 0. The molecule has 1 aliphatic heterocycles. The number of imidazole rings is 1. The maximum absolute atomic E-state index is 13.4. The number of nitrogens with zero attached hydrogens (tertiary/aromatic N) is 2. The van der Waals surface area contributed by atoms with Crippen LogP contribution < -0.4 is 9.64 Å². The molecule has 0 aliphatic carbocycles. The van der Waals surface area contributed by atoms with Crippen LogP contribution in [-0.2, 0) is 16.2 Å². The summed E-state index contributed by atoms with van der Waals surface area (Å²) in [4.78, 5) is 35.9. The number of aryl methyl sites for hydroxylation is 1. The van der Waals surface area contributed by atoms with Gasteiger partial charge >= 0.3 is 5.91 Å². The third-order valence-electron chi connectivity index (χ3n) is 6.85. The molecule has 7 nitrogen and oxygen atoms in total. The SMILES string of the molecule is Cc1cc(/C(O)=C2\C(=O)C(=O)N(c3nc4ccccc4[nH]3)C2c2ccccc2)ccc1OCc1ccccc1. The van der Waals surface area contributed by atoms with E-state index in [2.05, 4.69) is 9.97 Å². The lowest BCUT2D eigenvalue weighted by molar-refractivity contribution is -0.132. The lowest BCUT2D eigenvalue weighted by Gasteiger charge is -2.23. The van der Waals surface area contributed by atoms with E-state index in [0.29, 0.717) is 29.0 Å². The summed E-state index contributed by atoms with van der Waals surface area (Å²) in [5, 5.41) is 11.5. The molecular formula is C32H25N3O4. The highest BCUT2D eigenvalue weighted by Crippen LogP contribution is 2.42. The Morgan fingerprint density at radius 3 is 2.33 bits per heavy atom. The van der Waals surface area contributed by atoms with Crippen molar-refractivity contribution in [3.63, 3.8) is 0 Å². The number of carbonyl (C=O) groups excluding carboxylic acids is 2. The molecular weight excluding hydrogens is 490 g/mol. The Labute approximate surface area is 225 Å². The Bertz CT molecular complexity index is 1690. The van der Waals surface area contributed by atoms with Gasteiger partial charge in [0, 0.05) is 5.56 Å². The summed E-state index contributed by atoms with van der Waals surface area (Å²) in [6, 6.07) is 30.7. The molecule has 0 radical (unpaired) electrons. The summed E-state index contributed by atoms with van der Waals surface area (Å²) in [6.07, 6.45) is 0. The molecule has 1 aliphatic rings. The first-order valence-corrected chi connectivity index (χ1v) is 12.6. The third kappa shape index (κ3) is 4.44. The van der Waals surface area contributed by atoms with Crippen LogP contribution in [0.2, 0.25) is 0 Å². The van der Waals surface area contributed by atoms with Crippen LogP contribution in [0, 0.1) is 6.92 Å². The minimum Gasteiger partial charge on any atom is -0.507 e. The smallest absolute Gasteiger partial charge is 0.302 e. The molecule has 0 saturated carbocycles. The first-order valence-electron chi connectivity index (χ1n) is 12.6. The highest BCUT2D eigenvalue weighted by Gasteiger charge is 2.48. The number of amides is 1. The van der Waals surface area contributed by atoms with E-state index in [1.165, 1.54) is 4.90 Å². The average Bonchev–Trinajstić information content (AvgIpc) is 3.51. The molecule has 1 fully saturated rings. The monoisotopic (exact) mass is 515 g/mol. The number of carbonyl (C=O) groups is 2. The number of aliphatic hydroxyl groups excluding tert-OH is 1. The van der Waals surface area contributed by atoms with Gasteiger partial charge in [0.05, 0.1) is 22.6 Å². The first-order chi connectivity index (χ1) is 19.0. The number of H-pyrrole nitrogens is 1. The van der Waals surface area contributed by atoms with Crippen molar-refractivity contribution in [3.05, 3.63) is 131 Å². The van der Waals surface area contributed by atoms with E-state index in [9.17, 15) is 14.7 Å². The molecule has 0 bridgehead atoms. The van der Waals surface area contributed by atoms with Gasteiger partial charge in [0.25, 0.3) is 5.78 Å². The van der Waals surface area contributed by atoms with Crippen molar-refractivity contribution in [2.75, 3.05) is 4.90 Å². The second kappa shape index (κ2) is 9.95. The number of para-hydroxylation sites is 2. The average molecular weight is 516 g/mol. The minimum atomic E-state index is -0.860. The van der Waals surface area contributed by atoms with Gasteiger partial charge in [-0.3, -0.25) is 14.5 Å². The van der Waals surface area contributed by atoms with Gasteiger partial charge in [-0.1, -0.05) is 72.8 Å². The maximum Gasteiger partial charge on any atom is 0.302 e. The van der Waals surface area contributed by atoms with Crippen LogP contribution >= 0.6 is 0 Å². The summed E-state index contributed by atoms with van der Waals surface area (Å²) in [5.41, 5.74) is 4.34.